The highest BCUT2D eigenvalue weighted by atomic mass is 16.3. The molecule has 2 rings (SSSR count). The molecule has 0 aliphatic carbocycles. The van der Waals surface area contributed by atoms with E-state index in [4.69, 9.17) is 0 Å². The maximum atomic E-state index is 12.0. The fraction of sp³-hybridized carbons (Fsp3) is 0.462. The molecule has 0 spiro atoms. The van der Waals surface area contributed by atoms with Crippen molar-refractivity contribution in [1.82, 2.24) is 10.6 Å². The largest absolute Gasteiger partial charge is 0.504 e. The van der Waals surface area contributed by atoms with Crippen molar-refractivity contribution in [3.05, 3.63) is 23.8 Å². The van der Waals surface area contributed by atoms with Gasteiger partial charge in [0.25, 0.3) is 5.91 Å². The first kappa shape index (κ1) is 12.7. The molecular weight excluding hydrogens is 232 g/mol. The van der Waals surface area contributed by atoms with Crippen LogP contribution >= 0.6 is 0 Å². The van der Waals surface area contributed by atoms with Gasteiger partial charge < -0.3 is 20.8 Å². The molecule has 1 aliphatic heterocycles. The second-order valence-electron chi connectivity index (χ2n) is 4.54. The highest BCUT2D eigenvalue weighted by Crippen LogP contribution is 2.28. The van der Waals surface area contributed by atoms with Gasteiger partial charge in [-0.15, -0.1) is 0 Å². The molecule has 0 aromatic heterocycles. The Morgan fingerprint density at radius 3 is 3.00 bits per heavy atom. The monoisotopic (exact) mass is 250 g/mol. The van der Waals surface area contributed by atoms with Gasteiger partial charge in [-0.25, -0.2) is 0 Å². The first-order valence-corrected chi connectivity index (χ1v) is 6.21. The number of benzene rings is 1. The third-order valence-electron chi connectivity index (χ3n) is 3.14. The lowest BCUT2D eigenvalue weighted by atomic mass is 10.1. The lowest BCUT2D eigenvalue weighted by Gasteiger charge is -2.16. The molecule has 0 saturated carbocycles. The maximum absolute atomic E-state index is 12.0. The molecule has 0 bridgehead atoms. The van der Waals surface area contributed by atoms with E-state index in [9.17, 15) is 15.0 Å². The van der Waals surface area contributed by atoms with Crippen LogP contribution in [0.4, 0.5) is 0 Å². The normalized spacial score (nSPS) is 20.1. The van der Waals surface area contributed by atoms with E-state index in [2.05, 4.69) is 10.6 Å². The summed E-state index contributed by atoms with van der Waals surface area (Å²) in [5.74, 6) is -0.990. The summed E-state index contributed by atoms with van der Waals surface area (Å²) in [4.78, 5) is 12.0. The SMILES string of the molecule is O=C(NC1CCCCNC1)c1cccc(O)c1O. The van der Waals surface area contributed by atoms with Gasteiger partial charge in [0.05, 0.1) is 5.56 Å². The Labute approximate surface area is 106 Å². The summed E-state index contributed by atoms with van der Waals surface area (Å²) in [6.45, 7) is 1.72. The molecule has 1 aromatic carbocycles. The second kappa shape index (κ2) is 5.73. The van der Waals surface area contributed by atoms with Crippen LogP contribution in [0.1, 0.15) is 29.6 Å². The van der Waals surface area contributed by atoms with Gasteiger partial charge in [0, 0.05) is 12.6 Å². The molecule has 1 aromatic rings. The van der Waals surface area contributed by atoms with Gasteiger partial charge in [-0.1, -0.05) is 12.5 Å². The van der Waals surface area contributed by atoms with Gasteiger partial charge in [0.15, 0.2) is 11.5 Å². The standard InChI is InChI=1S/C13H18N2O3/c16-11-6-3-5-10(12(11)17)13(18)15-9-4-1-2-7-14-8-9/h3,5-6,9,14,16-17H,1-2,4,7-8H2,(H,15,18). The predicted molar refractivity (Wildman–Crippen MR) is 67.7 cm³/mol. The Morgan fingerprint density at radius 1 is 1.33 bits per heavy atom. The zero-order valence-corrected chi connectivity index (χ0v) is 10.1. The third kappa shape index (κ3) is 2.92. The molecule has 1 amide bonds. The average Bonchev–Trinajstić information content (AvgIpc) is 2.61. The molecule has 1 heterocycles. The molecule has 18 heavy (non-hydrogen) atoms. The number of hydrogen-bond acceptors (Lipinski definition) is 4. The number of para-hydroxylation sites is 1. The van der Waals surface area contributed by atoms with Crippen molar-refractivity contribution in [2.45, 2.75) is 25.3 Å². The minimum Gasteiger partial charge on any atom is -0.504 e. The van der Waals surface area contributed by atoms with Crippen LogP contribution in [0.5, 0.6) is 11.5 Å². The summed E-state index contributed by atoms with van der Waals surface area (Å²) in [5, 5.41) is 25.1. The summed E-state index contributed by atoms with van der Waals surface area (Å²) < 4.78 is 0. The molecule has 1 saturated heterocycles. The zero-order chi connectivity index (χ0) is 13.0. The van der Waals surface area contributed by atoms with E-state index < -0.39 is 0 Å². The first-order chi connectivity index (χ1) is 8.68. The smallest absolute Gasteiger partial charge is 0.255 e. The predicted octanol–water partition coefficient (Wildman–Crippen LogP) is 0.970. The summed E-state index contributed by atoms with van der Waals surface area (Å²) in [6.07, 6.45) is 3.12. The molecule has 5 nitrogen and oxygen atoms in total. The Morgan fingerprint density at radius 2 is 2.17 bits per heavy atom. The van der Waals surface area contributed by atoms with Gasteiger partial charge >= 0.3 is 0 Å². The van der Waals surface area contributed by atoms with Gasteiger partial charge in [-0.05, 0) is 31.5 Å². The molecule has 5 heteroatoms. The summed E-state index contributed by atoms with van der Waals surface area (Å²) in [5.41, 5.74) is 0.110. The van der Waals surface area contributed by atoms with Crippen molar-refractivity contribution in [2.75, 3.05) is 13.1 Å². The van der Waals surface area contributed by atoms with E-state index in [1.54, 1.807) is 0 Å². The number of carbonyl (C=O) groups excluding carboxylic acids is 1. The molecule has 4 N–H and O–H groups in total. The van der Waals surface area contributed by atoms with Gasteiger partial charge in [-0.2, -0.15) is 0 Å². The highest BCUT2D eigenvalue weighted by molar-refractivity contribution is 5.97. The van der Waals surface area contributed by atoms with E-state index >= 15 is 0 Å². The fourth-order valence-electron chi connectivity index (χ4n) is 2.12. The summed E-state index contributed by atoms with van der Waals surface area (Å²) >= 11 is 0. The van der Waals surface area contributed by atoms with Gasteiger partial charge in [0.2, 0.25) is 0 Å². The topological polar surface area (TPSA) is 81.6 Å². The Balaban J connectivity index is 2.04. The Kier molecular flexibility index (Phi) is 4.04. The lowest BCUT2D eigenvalue weighted by molar-refractivity contribution is 0.0932. The first-order valence-electron chi connectivity index (χ1n) is 6.21. The van der Waals surface area contributed by atoms with Crippen LogP contribution < -0.4 is 10.6 Å². The molecule has 1 unspecified atom stereocenters. The van der Waals surface area contributed by atoms with E-state index in [0.29, 0.717) is 0 Å². The van der Waals surface area contributed by atoms with Crippen molar-refractivity contribution >= 4 is 5.91 Å². The van der Waals surface area contributed by atoms with Crippen molar-refractivity contribution in [1.29, 1.82) is 0 Å². The van der Waals surface area contributed by atoms with E-state index in [-0.39, 0.29) is 29.0 Å². The van der Waals surface area contributed by atoms with Gasteiger partial charge in [-0.3, -0.25) is 4.79 Å². The molecule has 0 radical (unpaired) electrons. The van der Waals surface area contributed by atoms with Crippen LogP contribution in [0, 0.1) is 0 Å². The molecule has 1 fully saturated rings. The average molecular weight is 250 g/mol. The quantitative estimate of drug-likeness (QED) is 0.590. The second-order valence-corrected chi connectivity index (χ2v) is 4.54. The van der Waals surface area contributed by atoms with Crippen LogP contribution in [0.15, 0.2) is 18.2 Å². The minimum absolute atomic E-state index is 0.0711. The zero-order valence-electron chi connectivity index (χ0n) is 10.1. The molecular formula is C13H18N2O3. The number of hydrogen-bond donors (Lipinski definition) is 4. The van der Waals surface area contributed by atoms with Crippen LogP contribution in [0.25, 0.3) is 0 Å². The summed E-state index contributed by atoms with van der Waals surface area (Å²) in [7, 11) is 0. The van der Waals surface area contributed by atoms with E-state index in [1.165, 1.54) is 18.2 Å². The van der Waals surface area contributed by atoms with E-state index in [0.717, 1.165) is 32.4 Å². The number of amides is 1. The van der Waals surface area contributed by atoms with Crippen LogP contribution in [-0.4, -0.2) is 35.3 Å². The van der Waals surface area contributed by atoms with Crippen LogP contribution in [0.2, 0.25) is 0 Å². The van der Waals surface area contributed by atoms with Crippen molar-refractivity contribution < 1.29 is 15.0 Å². The number of rotatable bonds is 2. The van der Waals surface area contributed by atoms with Crippen molar-refractivity contribution in [3.8, 4) is 11.5 Å². The number of aromatic hydroxyl groups is 2. The number of carbonyl (C=O) groups is 1. The third-order valence-corrected chi connectivity index (χ3v) is 3.14. The number of nitrogens with one attached hydrogen (secondary N) is 2. The van der Waals surface area contributed by atoms with Crippen LogP contribution in [-0.2, 0) is 0 Å². The minimum atomic E-state index is -0.364. The molecule has 1 aliphatic rings. The van der Waals surface area contributed by atoms with Crippen molar-refractivity contribution in [2.24, 2.45) is 0 Å². The highest BCUT2D eigenvalue weighted by Gasteiger charge is 2.18. The maximum Gasteiger partial charge on any atom is 0.255 e. The van der Waals surface area contributed by atoms with E-state index in [1.807, 2.05) is 0 Å². The fourth-order valence-corrected chi connectivity index (χ4v) is 2.12. The van der Waals surface area contributed by atoms with Gasteiger partial charge in [0.1, 0.15) is 0 Å². The number of phenols is 2. The van der Waals surface area contributed by atoms with Crippen LogP contribution in [0.3, 0.4) is 0 Å². The number of phenolic OH excluding ortho intramolecular Hbond substituents is 2. The summed E-state index contributed by atoms with van der Waals surface area (Å²) in [6, 6.07) is 4.45. The Hall–Kier alpha value is -1.75. The molecule has 98 valence electrons. The Bertz CT molecular complexity index is 426. The van der Waals surface area contributed by atoms with Crippen molar-refractivity contribution in [3.63, 3.8) is 0 Å². The lowest BCUT2D eigenvalue weighted by Crippen LogP contribution is -2.40. The molecule has 1 atom stereocenters.